The van der Waals surface area contributed by atoms with Gasteiger partial charge in [0.15, 0.2) is 0 Å². The summed E-state index contributed by atoms with van der Waals surface area (Å²) in [5.41, 5.74) is -2.66. The maximum Gasteiger partial charge on any atom is 0.410 e. The third-order valence-corrected chi connectivity index (χ3v) is 2.83. The zero-order chi connectivity index (χ0) is 13.1. The van der Waals surface area contributed by atoms with Gasteiger partial charge in [0.2, 0.25) is 0 Å². The number of benzene rings is 1. The zero-order valence-corrected chi connectivity index (χ0v) is 9.74. The van der Waals surface area contributed by atoms with Crippen molar-refractivity contribution in [3.8, 4) is 0 Å². The summed E-state index contributed by atoms with van der Waals surface area (Å²) >= 11 is 0. The Morgan fingerprint density at radius 2 is 1.71 bits per heavy atom. The van der Waals surface area contributed by atoms with Gasteiger partial charge >= 0.3 is 6.18 Å². The van der Waals surface area contributed by atoms with Crippen LogP contribution in [0.5, 0.6) is 0 Å². The van der Waals surface area contributed by atoms with Crippen LogP contribution in [-0.2, 0) is 5.54 Å². The molecule has 1 atom stereocenters. The molecule has 1 unspecified atom stereocenters. The van der Waals surface area contributed by atoms with Crippen molar-refractivity contribution in [1.29, 1.82) is 0 Å². The smallest absolute Gasteiger partial charge is 0.300 e. The summed E-state index contributed by atoms with van der Waals surface area (Å²) in [6, 6.07) is 5.01. The van der Waals surface area contributed by atoms with Gasteiger partial charge in [-0.05, 0) is 19.0 Å². The van der Waals surface area contributed by atoms with Gasteiger partial charge in [0.05, 0.1) is 0 Å². The largest absolute Gasteiger partial charge is 0.410 e. The first-order chi connectivity index (χ1) is 7.89. The van der Waals surface area contributed by atoms with Crippen molar-refractivity contribution < 1.29 is 17.6 Å². The van der Waals surface area contributed by atoms with Crippen molar-refractivity contribution in [2.24, 2.45) is 0 Å². The van der Waals surface area contributed by atoms with Gasteiger partial charge in [-0.25, -0.2) is 4.39 Å². The molecule has 5 heteroatoms. The molecule has 1 nitrogen and oxygen atoms in total. The van der Waals surface area contributed by atoms with Crippen LogP contribution >= 0.6 is 0 Å². The monoisotopic (exact) mass is 249 g/mol. The van der Waals surface area contributed by atoms with E-state index >= 15 is 0 Å². The van der Waals surface area contributed by atoms with E-state index in [4.69, 9.17) is 0 Å². The standard InChI is InChI=1S/C12H15F4N/c1-3-11(17-4-2,12(14,15)16)9-7-5-6-8-10(9)13/h5-8,17H,3-4H2,1-2H3. The predicted octanol–water partition coefficient (Wildman–Crippen LogP) is 3.60. The molecule has 96 valence electrons. The van der Waals surface area contributed by atoms with E-state index < -0.39 is 17.5 Å². The minimum atomic E-state index is -4.54. The zero-order valence-electron chi connectivity index (χ0n) is 9.74. The molecule has 0 aliphatic rings. The molecule has 1 N–H and O–H groups in total. The lowest BCUT2D eigenvalue weighted by molar-refractivity contribution is -0.202. The van der Waals surface area contributed by atoms with E-state index in [9.17, 15) is 17.6 Å². The molecule has 0 aromatic heterocycles. The van der Waals surface area contributed by atoms with Crippen LogP contribution in [0.25, 0.3) is 0 Å². The highest BCUT2D eigenvalue weighted by Gasteiger charge is 2.55. The van der Waals surface area contributed by atoms with Gasteiger partial charge in [-0.3, -0.25) is 0 Å². The highest BCUT2D eigenvalue weighted by molar-refractivity contribution is 5.28. The topological polar surface area (TPSA) is 12.0 Å². The number of hydrogen-bond donors (Lipinski definition) is 1. The van der Waals surface area contributed by atoms with Gasteiger partial charge in [0.1, 0.15) is 11.4 Å². The van der Waals surface area contributed by atoms with Crippen molar-refractivity contribution >= 4 is 0 Å². The third kappa shape index (κ3) is 2.44. The van der Waals surface area contributed by atoms with Gasteiger partial charge in [0.25, 0.3) is 0 Å². The molecule has 0 aliphatic heterocycles. The molecule has 0 bridgehead atoms. The van der Waals surface area contributed by atoms with E-state index in [1.165, 1.54) is 25.1 Å². The number of hydrogen-bond acceptors (Lipinski definition) is 1. The lowest BCUT2D eigenvalue weighted by atomic mass is 9.86. The van der Waals surface area contributed by atoms with Crippen LogP contribution in [0.3, 0.4) is 0 Å². The number of rotatable bonds is 4. The van der Waals surface area contributed by atoms with Crippen molar-refractivity contribution in [3.63, 3.8) is 0 Å². The van der Waals surface area contributed by atoms with Crippen LogP contribution in [0, 0.1) is 5.82 Å². The van der Waals surface area contributed by atoms with Crippen LogP contribution in [-0.4, -0.2) is 12.7 Å². The minimum absolute atomic E-state index is 0.113. The van der Waals surface area contributed by atoms with Crippen molar-refractivity contribution in [3.05, 3.63) is 35.6 Å². The number of halogens is 4. The van der Waals surface area contributed by atoms with Crippen LogP contribution in [0.4, 0.5) is 17.6 Å². The summed E-state index contributed by atoms with van der Waals surface area (Å²) in [5, 5.41) is 2.38. The van der Waals surface area contributed by atoms with E-state index in [1.54, 1.807) is 6.92 Å². The second-order valence-corrected chi connectivity index (χ2v) is 3.77. The van der Waals surface area contributed by atoms with Crippen LogP contribution < -0.4 is 5.32 Å². The molecule has 1 rings (SSSR count). The minimum Gasteiger partial charge on any atom is -0.300 e. The third-order valence-electron chi connectivity index (χ3n) is 2.83. The van der Waals surface area contributed by atoms with Crippen molar-refractivity contribution in [1.82, 2.24) is 5.32 Å². The van der Waals surface area contributed by atoms with Crippen molar-refractivity contribution in [2.45, 2.75) is 32.0 Å². The average molecular weight is 249 g/mol. The summed E-state index contributed by atoms with van der Waals surface area (Å²) in [7, 11) is 0. The van der Waals surface area contributed by atoms with E-state index in [0.29, 0.717) is 0 Å². The normalized spacial score (nSPS) is 15.6. The van der Waals surface area contributed by atoms with Crippen LogP contribution in [0.15, 0.2) is 24.3 Å². The van der Waals surface area contributed by atoms with Gasteiger partial charge < -0.3 is 5.32 Å². The Morgan fingerprint density at radius 1 is 1.12 bits per heavy atom. The van der Waals surface area contributed by atoms with Gasteiger partial charge in [-0.1, -0.05) is 32.0 Å². The second-order valence-electron chi connectivity index (χ2n) is 3.77. The Bertz CT molecular complexity index is 375. The molecule has 0 heterocycles. The first-order valence-corrected chi connectivity index (χ1v) is 5.45. The first-order valence-electron chi connectivity index (χ1n) is 5.45. The molecule has 0 amide bonds. The maximum atomic E-state index is 13.6. The van der Waals surface area contributed by atoms with Crippen molar-refractivity contribution in [2.75, 3.05) is 6.54 Å². The lowest BCUT2D eigenvalue weighted by Gasteiger charge is -2.36. The fourth-order valence-electron chi connectivity index (χ4n) is 1.97. The molecule has 0 aliphatic carbocycles. The van der Waals surface area contributed by atoms with Gasteiger partial charge in [-0.2, -0.15) is 13.2 Å². The summed E-state index contributed by atoms with van der Waals surface area (Å²) < 4.78 is 53.2. The molecular weight excluding hydrogens is 234 g/mol. The maximum absolute atomic E-state index is 13.6. The molecule has 17 heavy (non-hydrogen) atoms. The molecule has 0 fully saturated rings. The molecule has 0 spiro atoms. The first kappa shape index (κ1) is 14.0. The number of alkyl halides is 3. The Hall–Kier alpha value is -1.10. The second kappa shape index (κ2) is 5.04. The van der Waals surface area contributed by atoms with Gasteiger partial charge in [-0.15, -0.1) is 0 Å². The Balaban J connectivity index is 3.38. The fraction of sp³-hybridized carbons (Fsp3) is 0.500. The molecule has 0 saturated heterocycles. The van der Waals surface area contributed by atoms with E-state index in [2.05, 4.69) is 5.32 Å². The van der Waals surface area contributed by atoms with Crippen LogP contribution in [0.1, 0.15) is 25.8 Å². The highest BCUT2D eigenvalue weighted by Crippen LogP contribution is 2.42. The fourth-order valence-corrected chi connectivity index (χ4v) is 1.97. The SMILES string of the molecule is CCNC(CC)(c1ccccc1F)C(F)(F)F. The number of nitrogens with one attached hydrogen (secondary N) is 1. The highest BCUT2D eigenvalue weighted by atomic mass is 19.4. The predicted molar refractivity (Wildman–Crippen MR) is 58.1 cm³/mol. The lowest BCUT2D eigenvalue weighted by Crippen LogP contribution is -2.54. The van der Waals surface area contributed by atoms with E-state index in [0.717, 1.165) is 6.07 Å². The summed E-state index contributed by atoms with van der Waals surface area (Å²) in [4.78, 5) is 0. The quantitative estimate of drug-likeness (QED) is 0.804. The molecule has 0 radical (unpaired) electrons. The average Bonchev–Trinajstić information content (AvgIpc) is 2.25. The Labute approximate surface area is 97.8 Å². The molecule has 0 saturated carbocycles. The Morgan fingerprint density at radius 3 is 2.12 bits per heavy atom. The Kier molecular flexibility index (Phi) is 4.14. The summed E-state index contributed by atoms with van der Waals surface area (Å²) in [5.74, 6) is -0.840. The molecule has 1 aromatic rings. The van der Waals surface area contributed by atoms with Crippen LogP contribution in [0.2, 0.25) is 0 Å². The van der Waals surface area contributed by atoms with Gasteiger partial charge in [0, 0.05) is 5.56 Å². The molecule has 1 aromatic carbocycles. The molecular formula is C12H15F4N. The summed E-state index contributed by atoms with van der Waals surface area (Å²) in [6.45, 7) is 3.07. The summed E-state index contributed by atoms with van der Waals surface area (Å²) in [6.07, 6.45) is -4.80. The van der Waals surface area contributed by atoms with E-state index in [1.807, 2.05) is 0 Å². The van der Waals surface area contributed by atoms with E-state index in [-0.39, 0.29) is 18.5 Å².